The molecule has 7 nitrogen and oxygen atoms in total. The van der Waals surface area contributed by atoms with Crippen molar-refractivity contribution < 1.29 is 18.7 Å². The number of hydrogen-bond donors (Lipinski definition) is 2. The summed E-state index contributed by atoms with van der Waals surface area (Å²) in [5.74, 6) is -0.724. The normalized spacial score (nSPS) is 10.3. The first-order chi connectivity index (χ1) is 14.1. The fourth-order valence-electron chi connectivity index (χ4n) is 2.61. The van der Waals surface area contributed by atoms with Crippen molar-refractivity contribution in [2.75, 3.05) is 19.0 Å². The minimum atomic E-state index is -0.442. The molecule has 0 aliphatic heterocycles. The third-order valence-corrected chi connectivity index (χ3v) is 4.09. The monoisotopic (exact) mass is 394 g/mol. The molecule has 0 saturated carbocycles. The van der Waals surface area contributed by atoms with Crippen LogP contribution in [0.2, 0.25) is 0 Å². The molecule has 0 unspecified atom stereocenters. The summed E-state index contributed by atoms with van der Waals surface area (Å²) < 4.78 is 18.3. The van der Waals surface area contributed by atoms with Gasteiger partial charge in [-0.3, -0.25) is 4.79 Å². The molecule has 148 valence electrons. The van der Waals surface area contributed by atoms with Gasteiger partial charge in [-0.15, -0.1) is 10.2 Å². The second-order valence-corrected chi connectivity index (χ2v) is 6.10. The molecule has 0 aliphatic carbocycles. The van der Waals surface area contributed by atoms with E-state index in [1.54, 1.807) is 48.5 Å². The maximum atomic E-state index is 13.6. The number of amides is 1. The summed E-state index contributed by atoms with van der Waals surface area (Å²) in [6.45, 7) is 0.280. The van der Waals surface area contributed by atoms with E-state index in [9.17, 15) is 14.0 Å². The molecule has 2 aromatic carbocycles. The van der Waals surface area contributed by atoms with Crippen LogP contribution in [-0.2, 0) is 11.2 Å². The number of aromatic nitrogens is 2. The highest BCUT2D eigenvalue weighted by molar-refractivity contribution is 5.92. The van der Waals surface area contributed by atoms with E-state index >= 15 is 0 Å². The summed E-state index contributed by atoms with van der Waals surface area (Å²) in [4.78, 5) is 23.8. The molecule has 0 atom stereocenters. The van der Waals surface area contributed by atoms with E-state index < -0.39 is 11.9 Å². The largest absolute Gasteiger partial charge is 0.465 e. The molecule has 0 fully saturated rings. The molecule has 29 heavy (non-hydrogen) atoms. The van der Waals surface area contributed by atoms with E-state index in [1.165, 1.54) is 19.2 Å². The molecule has 3 rings (SSSR count). The van der Waals surface area contributed by atoms with Crippen molar-refractivity contribution in [1.29, 1.82) is 0 Å². The third kappa shape index (κ3) is 5.35. The summed E-state index contributed by atoms with van der Waals surface area (Å²) >= 11 is 0. The second-order valence-electron chi connectivity index (χ2n) is 6.10. The Morgan fingerprint density at radius 1 is 1.03 bits per heavy atom. The lowest BCUT2D eigenvalue weighted by Gasteiger charge is -2.08. The Kier molecular flexibility index (Phi) is 6.47. The van der Waals surface area contributed by atoms with Gasteiger partial charge in [-0.1, -0.05) is 24.3 Å². The van der Waals surface area contributed by atoms with Crippen molar-refractivity contribution >= 4 is 23.4 Å². The number of nitrogens with zero attached hydrogens (tertiary/aromatic N) is 2. The number of methoxy groups -OCH3 is 1. The van der Waals surface area contributed by atoms with Crippen molar-refractivity contribution in [2.45, 2.75) is 6.42 Å². The van der Waals surface area contributed by atoms with Gasteiger partial charge >= 0.3 is 5.97 Å². The highest BCUT2D eigenvalue weighted by Gasteiger charge is 2.10. The van der Waals surface area contributed by atoms with E-state index in [4.69, 9.17) is 4.74 Å². The molecular formula is C21H19FN4O3. The maximum absolute atomic E-state index is 13.6. The minimum absolute atomic E-state index is 0.146. The molecule has 0 aliphatic rings. The van der Waals surface area contributed by atoms with Crippen LogP contribution >= 0.6 is 0 Å². The smallest absolute Gasteiger partial charge is 0.337 e. The van der Waals surface area contributed by atoms with Gasteiger partial charge in [0, 0.05) is 12.2 Å². The summed E-state index contributed by atoms with van der Waals surface area (Å²) in [5, 5.41) is 13.6. The summed E-state index contributed by atoms with van der Waals surface area (Å²) in [6.07, 6.45) is 0.377. The Labute approximate surface area is 166 Å². The minimum Gasteiger partial charge on any atom is -0.465 e. The number of anilines is 2. The summed E-state index contributed by atoms with van der Waals surface area (Å²) in [7, 11) is 1.31. The standard InChI is InChI=1S/C21H19FN4O3/c1-29-21(28)15-6-4-7-16(13-15)24-19-10-9-18(25-26-19)20(27)23-12-11-14-5-2-3-8-17(14)22/h2-10,13H,11-12H2,1H3,(H,23,27)(H,24,26). The lowest BCUT2D eigenvalue weighted by molar-refractivity contribution is 0.0600. The fourth-order valence-corrected chi connectivity index (χ4v) is 2.61. The molecule has 0 radical (unpaired) electrons. The van der Waals surface area contributed by atoms with Crippen molar-refractivity contribution in [2.24, 2.45) is 0 Å². The number of halogens is 1. The number of benzene rings is 2. The Bertz CT molecular complexity index is 1010. The first kappa shape index (κ1) is 19.9. The highest BCUT2D eigenvalue weighted by atomic mass is 19.1. The number of esters is 1. The van der Waals surface area contributed by atoms with Gasteiger partial charge in [0.1, 0.15) is 5.82 Å². The van der Waals surface area contributed by atoms with Crippen molar-refractivity contribution in [3.63, 3.8) is 0 Å². The Balaban J connectivity index is 1.56. The van der Waals surface area contributed by atoms with Crippen LogP contribution in [0.25, 0.3) is 0 Å². The van der Waals surface area contributed by atoms with Crippen molar-refractivity contribution in [3.8, 4) is 0 Å². The molecule has 1 heterocycles. The topological polar surface area (TPSA) is 93.2 Å². The van der Waals surface area contributed by atoms with Gasteiger partial charge in [0.05, 0.1) is 12.7 Å². The highest BCUT2D eigenvalue weighted by Crippen LogP contribution is 2.16. The summed E-state index contributed by atoms with van der Waals surface area (Å²) in [5.41, 5.74) is 1.71. The molecule has 2 N–H and O–H groups in total. The van der Waals surface area contributed by atoms with Gasteiger partial charge in [-0.25, -0.2) is 9.18 Å². The number of rotatable bonds is 7. The van der Waals surface area contributed by atoms with E-state index in [2.05, 4.69) is 20.8 Å². The quantitative estimate of drug-likeness (QED) is 0.598. The average Bonchev–Trinajstić information content (AvgIpc) is 2.75. The van der Waals surface area contributed by atoms with Gasteiger partial charge in [0.25, 0.3) is 5.91 Å². The van der Waals surface area contributed by atoms with Crippen LogP contribution in [0, 0.1) is 5.82 Å². The van der Waals surface area contributed by atoms with Crippen molar-refractivity contribution in [1.82, 2.24) is 15.5 Å². The Hall–Kier alpha value is -3.81. The van der Waals surface area contributed by atoms with E-state index in [0.717, 1.165) is 0 Å². The van der Waals surface area contributed by atoms with Gasteiger partial charge in [0.15, 0.2) is 11.5 Å². The predicted molar refractivity (Wildman–Crippen MR) is 106 cm³/mol. The molecular weight excluding hydrogens is 375 g/mol. The summed E-state index contributed by atoms with van der Waals surface area (Å²) in [6, 6.07) is 16.3. The van der Waals surface area contributed by atoms with Gasteiger partial charge in [-0.05, 0) is 48.4 Å². The van der Waals surface area contributed by atoms with Gasteiger partial charge < -0.3 is 15.4 Å². The van der Waals surface area contributed by atoms with Gasteiger partial charge in [-0.2, -0.15) is 0 Å². The van der Waals surface area contributed by atoms with Crippen LogP contribution in [0.4, 0.5) is 15.9 Å². The number of hydrogen-bond acceptors (Lipinski definition) is 6. The molecule has 0 spiro atoms. The number of nitrogens with one attached hydrogen (secondary N) is 2. The zero-order valence-electron chi connectivity index (χ0n) is 15.7. The van der Waals surface area contributed by atoms with Crippen LogP contribution in [0.15, 0.2) is 60.7 Å². The molecule has 3 aromatic rings. The van der Waals surface area contributed by atoms with Crippen LogP contribution in [0.1, 0.15) is 26.4 Å². The zero-order chi connectivity index (χ0) is 20.6. The SMILES string of the molecule is COC(=O)c1cccc(Nc2ccc(C(=O)NCCc3ccccc3F)nn2)c1. The zero-order valence-corrected chi connectivity index (χ0v) is 15.7. The molecule has 1 aromatic heterocycles. The number of ether oxygens (including phenoxy) is 1. The van der Waals surface area contributed by atoms with Crippen LogP contribution in [0.3, 0.4) is 0 Å². The van der Waals surface area contributed by atoms with Crippen LogP contribution in [0.5, 0.6) is 0 Å². The lowest BCUT2D eigenvalue weighted by atomic mass is 10.1. The predicted octanol–water partition coefficient (Wildman–Crippen LogP) is 3.12. The molecule has 1 amide bonds. The van der Waals surface area contributed by atoms with E-state index in [1.807, 2.05) is 0 Å². The molecule has 0 saturated heterocycles. The van der Waals surface area contributed by atoms with Crippen molar-refractivity contribution in [3.05, 3.63) is 83.3 Å². The lowest BCUT2D eigenvalue weighted by Crippen LogP contribution is -2.27. The number of carbonyl (C=O) groups excluding carboxylic acids is 2. The molecule has 0 bridgehead atoms. The van der Waals surface area contributed by atoms with Gasteiger partial charge in [0.2, 0.25) is 0 Å². The van der Waals surface area contributed by atoms with E-state index in [-0.39, 0.29) is 18.1 Å². The Morgan fingerprint density at radius 3 is 2.59 bits per heavy atom. The van der Waals surface area contributed by atoms with Crippen LogP contribution in [-0.4, -0.2) is 35.7 Å². The van der Waals surface area contributed by atoms with Crippen LogP contribution < -0.4 is 10.6 Å². The number of carbonyl (C=O) groups is 2. The second kappa shape index (κ2) is 9.41. The first-order valence-electron chi connectivity index (χ1n) is 8.87. The average molecular weight is 394 g/mol. The third-order valence-electron chi connectivity index (χ3n) is 4.09. The Morgan fingerprint density at radius 2 is 1.86 bits per heavy atom. The maximum Gasteiger partial charge on any atom is 0.337 e. The fraction of sp³-hybridized carbons (Fsp3) is 0.143. The molecule has 8 heteroatoms. The first-order valence-corrected chi connectivity index (χ1v) is 8.87. The van der Waals surface area contributed by atoms with E-state index in [0.29, 0.717) is 29.1 Å².